The number of rotatable bonds is 8. The van der Waals surface area contributed by atoms with E-state index < -0.39 is 6.10 Å². The lowest BCUT2D eigenvalue weighted by molar-refractivity contribution is -0.508. The van der Waals surface area contributed by atoms with Crippen molar-refractivity contribution in [2.24, 2.45) is 5.92 Å². The van der Waals surface area contributed by atoms with E-state index in [-0.39, 0.29) is 23.2 Å². The first-order chi connectivity index (χ1) is 8.54. The molecule has 0 heterocycles. The molecule has 7 nitrogen and oxygen atoms in total. The summed E-state index contributed by atoms with van der Waals surface area (Å²) in [6, 6.07) is 0. The van der Waals surface area contributed by atoms with Crippen LogP contribution in [0.25, 0.3) is 0 Å². The summed E-state index contributed by atoms with van der Waals surface area (Å²) < 4.78 is 10.7. The molecule has 0 unspecified atom stereocenters. The van der Waals surface area contributed by atoms with Gasteiger partial charge < -0.3 is 9.47 Å². The smallest absolute Gasteiger partial charge is 0.133 e. The van der Waals surface area contributed by atoms with E-state index in [1.807, 2.05) is 6.92 Å². The summed E-state index contributed by atoms with van der Waals surface area (Å²) in [6.45, 7) is 4.87. The van der Waals surface area contributed by atoms with E-state index >= 15 is 0 Å². The Labute approximate surface area is 106 Å². The van der Waals surface area contributed by atoms with Crippen molar-refractivity contribution in [3.63, 3.8) is 0 Å². The average Bonchev–Trinajstić information content (AvgIpc) is 2.67. The zero-order chi connectivity index (χ0) is 13.5. The van der Waals surface area contributed by atoms with Gasteiger partial charge in [-0.05, 0) is 26.7 Å². The van der Waals surface area contributed by atoms with Crippen LogP contribution in [0.5, 0.6) is 0 Å². The lowest BCUT2D eigenvalue weighted by Gasteiger charge is -2.20. The molecule has 1 rings (SSSR count). The Morgan fingerprint density at radius 3 is 2.50 bits per heavy atom. The molecule has 1 aliphatic carbocycles. The standard InChI is InChI=1S/C11H21NO6/c1-3-16-4-5-17-10-6-9(8(2)13)7-11(10)18-12(14)15/h9-11,14-15H,3-7H2,1-2H3/t9-,10+,11+/m0/s1. The first-order valence-corrected chi connectivity index (χ1v) is 6.09. The lowest BCUT2D eigenvalue weighted by atomic mass is 10.0. The second kappa shape index (κ2) is 7.78. The summed E-state index contributed by atoms with van der Waals surface area (Å²) in [6.07, 6.45) is 0.0864. The van der Waals surface area contributed by atoms with E-state index in [0.29, 0.717) is 32.7 Å². The van der Waals surface area contributed by atoms with Gasteiger partial charge in [0.15, 0.2) is 0 Å². The fourth-order valence-corrected chi connectivity index (χ4v) is 2.10. The SMILES string of the molecule is CCOCCO[C@@H]1C[C@H](C(C)=O)C[C@H]1ON(O)O. The number of nitrogens with zero attached hydrogens (tertiary/aromatic N) is 1. The normalized spacial score (nSPS) is 27.9. The van der Waals surface area contributed by atoms with Gasteiger partial charge in [-0.25, -0.2) is 4.84 Å². The van der Waals surface area contributed by atoms with Crippen LogP contribution in [0.4, 0.5) is 0 Å². The van der Waals surface area contributed by atoms with Gasteiger partial charge >= 0.3 is 0 Å². The number of hydrogen-bond acceptors (Lipinski definition) is 7. The molecule has 3 atom stereocenters. The highest BCUT2D eigenvalue weighted by Gasteiger charge is 2.39. The summed E-state index contributed by atoms with van der Waals surface area (Å²) >= 11 is 0. The van der Waals surface area contributed by atoms with E-state index in [4.69, 9.17) is 24.7 Å². The minimum absolute atomic E-state index is 0.0573. The summed E-state index contributed by atoms with van der Waals surface area (Å²) in [5.74, 6) is -0.103. The van der Waals surface area contributed by atoms with Gasteiger partial charge in [0, 0.05) is 12.5 Å². The van der Waals surface area contributed by atoms with Crippen LogP contribution in [0, 0.1) is 5.92 Å². The molecule has 106 valence electrons. The predicted octanol–water partition coefficient (Wildman–Crippen LogP) is 0.788. The minimum Gasteiger partial charge on any atom is -0.379 e. The molecule has 0 spiro atoms. The van der Waals surface area contributed by atoms with Crippen LogP contribution in [0.15, 0.2) is 0 Å². The highest BCUT2D eigenvalue weighted by molar-refractivity contribution is 5.78. The molecule has 1 saturated carbocycles. The van der Waals surface area contributed by atoms with E-state index in [2.05, 4.69) is 0 Å². The van der Waals surface area contributed by atoms with E-state index in [9.17, 15) is 4.79 Å². The van der Waals surface area contributed by atoms with Gasteiger partial charge in [0.25, 0.3) is 0 Å². The van der Waals surface area contributed by atoms with Gasteiger partial charge in [-0.1, -0.05) is 0 Å². The van der Waals surface area contributed by atoms with Crippen LogP contribution in [-0.2, 0) is 19.1 Å². The lowest BCUT2D eigenvalue weighted by Crippen LogP contribution is -2.32. The maximum absolute atomic E-state index is 11.3. The Morgan fingerprint density at radius 2 is 1.94 bits per heavy atom. The fraction of sp³-hybridized carbons (Fsp3) is 0.909. The maximum atomic E-state index is 11.3. The van der Waals surface area contributed by atoms with Crippen LogP contribution in [0.1, 0.15) is 26.7 Å². The first-order valence-electron chi connectivity index (χ1n) is 6.09. The van der Waals surface area contributed by atoms with Gasteiger partial charge in [-0.2, -0.15) is 0 Å². The third-order valence-corrected chi connectivity index (χ3v) is 3.02. The Bertz CT molecular complexity index is 260. The number of ketones is 1. The highest BCUT2D eigenvalue weighted by Crippen LogP contribution is 2.31. The Morgan fingerprint density at radius 1 is 1.28 bits per heavy atom. The summed E-state index contributed by atoms with van der Waals surface area (Å²) in [5.41, 5.74) is 0. The molecule has 0 aromatic carbocycles. The second-order valence-electron chi connectivity index (χ2n) is 4.28. The molecule has 0 aromatic heterocycles. The van der Waals surface area contributed by atoms with Crippen molar-refractivity contribution in [3.8, 4) is 0 Å². The van der Waals surface area contributed by atoms with Crippen molar-refractivity contribution in [3.05, 3.63) is 0 Å². The maximum Gasteiger partial charge on any atom is 0.133 e. The summed E-state index contributed by atoms with van der Waals surface area (Å²) in [7, 11) is 0. The van der Waals surface area contributed by atoms with Crippen LogP contribution >= 0.6 is 0 Å². The zero-order valence-electron chi connectivity index (χ0n) is 10.7. The van der Waals surface area contributed by atoms with Crippen molar-refractivity contribution >= 4 is 5.78 Å². The molecule has 0 aliphatic heterocycles. The Hall–Kier alpha value is -0.570. The number of ether oxygens (including phenoxy) is 2. The van der Waals surface area contributed by atoms with Gasteiger partial charge in [0.1, 0.15) is 11.9 Å². The largest absolute Gasteiger partial charge is 0.379 e. The second-order valence-corrected chi connectivity index (χ2v) is 4.28. The Balaban J connectivity index is 2.42. The van der Waals surface area contributed by atoms with Crippen molar-refractivity contribution in [1.82, 2.24) is 5.39 Å². The van der Waals surface area contributed by atoms with Gasteiger partial charge in [-0.3, -0.25) is 15.2 Å². The van der Waals surface area contributed by atoms with Crippen LogP contribution in [-0.4, -0.2) is 53.6 Å². The summed E-state index contributed by atoms with van der Waals surface area (Å²) in [4.78, 5) is 16.1. The quantitative estimate of drug-likeness (QED) is 0.494. The minimum atomic E-state index is -0.532. The van der Waals surface area contributed by atoms with E-state index in [1.54, 1.807) is 0 Å². The van der Waals surface area contributed by atoms with Crippen molar-refractivity contribution < 1.29 is 29.5 Å². The van der Waals surface area contributed by atoms with Crippen LogP contribution in [0.2, 0.25) is 0 Å². The molecule has 7 heteroatoms. The molecular weight excluding hydrogens is 242 g/mol. The fourth-order valence-electron chi connectivity index (χ4n) is 2.10. The molecule has 0 aromatic rings. The van der Waals surface area contributed by atoms with Crippen molar-refractivity contribution in [2.45, 2.75) is 38.9 Å². The number of carbonyl (C=O) groups is 1. The van der Waals surface area contributed by atoms with Crippen molar-refractivity contribution in [1.29, 1.82) is 0 Å². The first kappa shape index (κ1) is 15.5. The molecule has 0 radical (unpaired) electrons. The van der Waals surface area contributed by atoms with E-state index in [0.717, 1.165) is 0 Å². The van der Waals surface area contributed by atoms with Crippen LogP contribution in [0.3, 0.4) is 0 Å². The number of hydrogen-bond donors (Lipinski definition) is 2. The molecule has 0 bridgehead atoms. The zero-order valence-corrected chi connectivity index (χ0v) is 10.7. The monoisotopic (exact) mass is 263 g/mol. The Kier molecular flexibility index (Phi) is 6.69. The van der Waals surface area contributed by atoms with E-state index in [1.165, 1.54) is 6.92 Å². The van der Waals surface area contributed by atoms with Crippen molar-refractivity contribution in [2.75, 3.05) is 19.8 Å². The molecular formula is C11H21NO6. The van der Waals surface area contributed by atoms with Gasteiger partial charge in [-0.15, -0.1) is 0 Å². The third kappa shape index (κ3) is 4.97. The number of carbonyl (C=O) groups excluding carboxylic acids is 1. The average molecular weight is 263 g/mol. The molecule has 18 heavy (non-hydrogen) atoms. The van der Waals surface area contributed by atoms with Gasteiger partial charge in [0.05, 0.1) is 24.7 Å². The number of Topliss-reactive ketones (excluding diaryl/α,β-unsaturated/α-hetero) is 1. The van der Waals surface area contributed by atoms with Crippen LogP contribution < -0.4 is 0 Å². The van der Waals surface area contributed by atoms with Gasteiger partial charge in [0.2, 0.25) is 0 Å². The molecule has 0 amide bonds. The molecule has 2 N–H and O–H groups in total. The predicted molar refractivity (Wildman–Crippen MR) is 59.9 cm³/mol. The molecule has 0 saturated heterocycles. The molecule has 1 aliphatic rings. The summed E-state index contributed by atoms with van der Waals surface area (Å²) in [5, 5.41) is 17.0. The highest BCUT2D eigenvalue weighted by atomic mass is 17.1. The third-order valence-electron chi connectivity index (χ3n) is 3.02. The topological polar surface area (TPSA) is 88.5 Å². The molecule has 1 fully saturated rings.